The lowest BCUT2D eigenvalue weighted by molar-refractivity contribution is -0.130. The van der Waals surface area contributed by atoms with E-state index < -0.39 is 0 Å². The molecule has 4 nitrogen and oxygen atoms in total. The van der Waals surface area contributed by atoms with Crippen LogP contribution in [-0.4, -0.2) is 50.1 Å². The third-order valence-corrected chi connectivity index (χ3v) is 5.04. The van der Waals surface area contributed by atoms with E-state index in [0.717, 1.165) is 51.4 Å². The largest absolute Gasteiger partial charge is 0.354 e. The van der Waals surface area contributed by atoms with Crippen LogP contribution in [0.4, 0.5) is 0 Å². The first-order valence-electron chi connectivity index (χ1n) is 8.38. The molecule has 1 atom stereocenters. The maximum absolute atomic E-state index is 12.5. The summed E-state index contributed by atoms with van der Waals surface area (Å²) in [7, 11) is 0. The van der Waals surface area contributed by atoms with E-state index in [-0.39, 0.29) is 11.3 Å². The molecule has 2 saturated heterocycles. The molecular formula is C16H31N3O. The van der Waals surface area contributed by atoms with E-state index >= 15 is 0 Å². The second kappa shape index (κ2) is 7.41. The summed E-state index contributed by atoms with van der Waals surface area (Å²) in [6.07, 6.45) is 5.69. The highest BCUT2D eigenvalue weighted by Crippen LogP contribution is 2.31. The number of nitrogens with one attached hydrogen (secondary N) is 2. The number of nitrogens with zero attached hydrogens (tertiary/aromatic N) is 1. The molecule has 1 unspecified atom stereocenters. The van der Waals surface area contributed by atoms with Gasteiger partial charge >= 0.3 is 0 Å². The van der Waals surface area contributed by atoms with E-state index in [4.69, 9.17) is 0 Å². The predicted molar refractivity (Wildman–Crippen MR) is 82.7 cm³/mol. The number of carbonyl (C=O) groups excluding carboxylic acids is 1. The van der Waals surface area contributed by atoms with Gasteiger partial charge in [-0.25, -0.2) is 0 Å². The van der Waals surface area contributed by atoms with E-state index in [1.807, 2.05) is 0 Å². The van der Waals surface area contributed by atoms with E-state index in [1.54, 1.807) is 0 Å². The Kier molecular flexibility index (Phi) is 5.85. The van der Waals surface area contributed by atoms with Crippen LogP contribution >= 0.6 is 0 Å². The van der Waals surface area contributed by atoms with Crippen molar-refractivity contribution in [1.82, 2.24) is 15.5 Å². The van der Waals surface area contributed by atoms with Crippen LogP contribution < -0.4 is 10.6 Å². The Morgan fingerprint density at radius 2 is 2.15 bits per heavy atom. The first kappa shape index (κ1) is 15.8. The van der Waals surface area contributed by atoms with Crippen molar-refractivity contribution in [2.45, 2.75) is 46.0 Å². The van der Waals surface area contributed by atoms with Gasteiger partial charge in [-0.2, -0.15) is 0 Å². The lowest BCUT2D eigenvalue weighted by atomic mass is 9.81. The monoisotopic (exact) mass is 281 g/mol. The molecule has 2 aliphatic rings. The third-order valence-electron chi connectivity index (χ3n) is 5.04. The van der Waals surface area contributed by atoms with Crippen LogP contribution in [0.1, 0.15) is 46.0 Å². The summed E-state index contributed by atoms with van der Waals surface area (Å²) in [5.41, 5.74) is -0.134. The molecule has 0 spiro atoms. The molecule has 2 fully saturated rings. The average molecular weight is 281 g/mol. The fraction of sp³-hybridized carbons (Fsp3) is 0.938. The molecule has 0 aromatic heterocycles. The van der Waals surface area contributed by atoms with Crippen LogP contribution in [0.2, 0.25) is 0 Å². The van der Waals surface area contributed by atoms with Crippen molar-refractivity contribution in [3.05, 3.63) is 0 Å². The van der Waals surface area contributed by atoms with Gasteiger partial charge in [0.1, 0.15) is 0 Å². The molecule has 4 heteroatoms. The normalized spacial score (nSPS) is 28.7. The minimum atomic E-state index is -0.134. The second-order valence-electron chi connectivity index (χ2n) is 6.74. The van der Waals surface area contributed by atoms with Crippen LogP contribution in [0.5, 0.6) is 0 Å². The molecule has 2 heterocycles. The van der Waals surface area contributed by atoms with Crippen LogP contribution in [0.15, 0.2) is 0 Å². The number of hydrogen-bond acceptors (Lipinski definition) is 3. The summed E-state index contributed by atoms with van der Waals surface area (Å²) >= 11 is 0. The standard InChI is InChI=1S/C16H31N3O/c1-3-6-16(7-8-17-13-16)15(20)18-9-12-19-10-4-14(2)5-11-19/h14,17H,3-13H2,1-2H3,(H,18,20). The van der Waals surface area contributed by atoms with Gasteiger partial charge in [-0.1, -0.05) is 20.3 Å². The van der Waals surface area contributed by atoms with Crippen LogP contribution in [0.25, 0.3) is 0 Å². The summed E-state index contributed by atoms with van der Waals surface area (Å²) in [4.78, 5) is 15.0. The highest BCUT2D eigenvalue weighted by molar-refractivity contribution is 5.83. The van der Waals surface area contributed by atoms with Crippen molar-refractivity contribution in [3.8, 4) is 0 Å². The molecule has 0 radical (unpaired) electrons. The van der Waals surface area contributed by atoms with Gasteiger partial charge < -0.3 is 15.5 Å². The smallest absolute Gasteiger partial charge is 0.227 e. The van der Waals surface area contributed by atoms with Gasteiger partial charge in [-0.05, 0) is 51.2 Å². The third kappa shape index (κ3) is 3.95. The quantitative estimate of drug-likeness (QED) is 0.777. The first-order chi connectivity index (χ1) is 9.66. The van der Waals surface area contributed by atoms with Gasteiger partial charge in [-0.15, -0.1) is 0 Å². The Balaban J connectivity index is 1.71. The minimum absolute atomic E-state index is 0.134. The predicted octanol–water partition coefficient (Wildman–Crippen LogP) is 1.61. The second-order valence-corrected chi connectivity index (χ2v) is 6.74. The summed E-state index contributed by atoms with van der Waals surface area (Å²) in [5.74, 6) is 1.15. The molecule has 116 valence electrons. The SMILES string of the molecule is CCCC1(C(=O)NCCN2CCC(C)CC2)CCNC1. The fourth-order valence-corrected chi connectivity index (χ4v) is 3.54. The highest BCUT2D eigenvalue weighted by atomic mass is 16.2. The Morgan fingerprint density at radius 1 is 1.40 bits per heavy atom. The molecule has 0 aliphatic carbocycles. The molecule has 0 saturated carbocycles. The molecule has 0 aromatic rings. The van der Waals surface area contributed by atoms with E-state index in [0.29, 0.717) is 0 Å². The Labute approximate surface area is 123 Å². The number of rotatable bonds is 6. The molecule has 2 aliphatic heterocycles. The van der Waals surface area contributed by atoms with Gasteiger partial charge in [0.05, 0.1) is 5.41 Å². The Morgan fingerprint density at radius 3 is 2.75 bits per heavy atom. The van der Waals surface area contributed by atoms with E-state index in [1.165, 1.54) is 25.9 Å². The lowest BCUT2D eigenvalue weighted by Crippen LogP contribution is -2.46. The van der Waals surface area contributed by atoms with Crippen LogP contribution in [0.3, 0.4) is 0 Å². The zero-order valence-electron chi connectivity index (χ0n) is 13.2. The van der Waals surface area contributed by atoms with Crippen LogP contribution in [-0.2, 0) is 4.79 Å². The molecule has 2 rings (SSSR count). The Bertz CT molecular complexity index is 305. The number of piperidine rings is 1. The molecule has 2 N–H and O–H groups in total. The number of hydrogen-bond donors (Lipinski definition) is 2. The van der Waals surface area contributed by atoms with E-state index in [9.17, 15) is 4.79 Å². The van der Waals surface area contributed by atoms with Gasteiger partial charge in [-0.3, -0.25) is 4.79 Å². The summed E-state index contributed by atoms with van der Waals surface area (Å²) in [6.45, 7) is 10.5. The van der Waals surface area contributed by atoms with Gasteiger partial charge in [0, 0.05) is 19.6 Å². The first-order valence-corrected chi connectivity index (χ1v) is 8.38. The maximum atomic E-state index is 12.5. The van der Waals surface area contributed by atoms with E-state index in [2.05, 4.69) is 29.4 Å². The summed E-state index contributed by atoms with van der Waals surface area (Å²) in [6, 6.07) is 0. The topological polar surface area (TPSA) is 44.4 Å². The highest BCUT2D eigenvalue weighted by Gasteiger charge is 2.39. The average Bonchev–Trinajstić information content (AvgIpc) is 2.91. The van der Waals surface area contributed by atoms with Crippen molar-refractivity contribution in [2.24, 2.45) is 11.3 Å². The summed E-state index contributed by atoms with van der Waals surface area (Å²) < 4.78 is 0. The molecular weight excluding hydrogens is 250 g/mol. The van der Waals surface area contributed by atoms with Crippen LogP contribution in [0, 0.1) is 11.3 Å². The fourth-order valence-electron chi connectivity index (χ4n) is 3.54. The summed E-state index contributed by atoms with van der Waals surface area (Å²) in [5, 5.41) is 6.54. The van der Waals surface area contributed by atoms with Crippen molar-refractivity contribution in [1.29, 1.82) is 0 Å². The van der Waals surface area contributed by atoms with Crippen molar-refractivity contribution >= 4 is 5.91 Å². The number of carbonyl (C=O) groups is 1. The van der Waals surface area contributed by atoms with Gasteiger partial charge in [0.15, 0.2) is 0 Å². The molecule has 0 aromatic carbocycles. The van der Waals surface area contributed by atoms with Crippen molar-refractivity contribution in [3.63, 3.8) is 0 Å². The number of amides is 1. The number of likely N-dealkylation sites (tertiary alicyclic amines) is 1. The van der Waals surface area contributed by atoms with Gasteiger partial charge in [0.2, 0.25) is 5.91 Å². The molecule has 0 bridgehead atoms. The minimum Gasteiger partial charge on any atom is -0.354 e. The molecule has 1 amide bonds. The Hall–Kier alpha value is -0.610. The van der Waals surface area contributed by atoms with Gasteiger partial charge in [0.25, 0.3) is 0 Å². The van der Waals surface area contributed by atoms with Crippen molar-refractivity contribution < 1.29 is 4.79 Å². The zero-order valence-corrected chi connectivity index (χ0v) is 13.2. The van der Waals surface area contributed by atoms with Crippen molar-refractivity contribution in [2.75, 3.05) is 39.3 Å². The zero-order chi connectivity index (χ0) is 14.4. The molecule has 20 heavy (non-hydrogen) atoms. The lowest BCUT2D eigenvalue weighted by Gasteiger charge is -2.31. The maximum Gasteiger partial charge on any atom is 0.227 e.